The van der Waals surface area contributed by atoms with Gasteiger partial charge in [0.05, 0.1) is 13.0 Å². The van der Waals surface area contributed by atoms with Crippen LogP contribution in [0.25, 0.3) is 0 Å². The maximum Gasteiger partial charge on any atom is 0.328 e. The highest BCUT2D eigenvalue weighted by Gasteiger charge is 2.24. The Balaban J connectivity index is 1.61. The lowest BCUT2D eigenvalue weighted by molar-refractivity contribution is -0.448. The molecule has 0 unspecified atom stereocenters. The Hall–Kier alpha value is -2.87. The molecule has 0 spiro atoms. The Labute approximate surface area is 164 Å². The number of amidine groups is 1. The summed E-state index contributed by atoms with van der Waals surface area (Å²) in [7, 11) is -3.70. The van der Waals surface area contributed by atoms with Crippen LogP contribution in [0.2, 0.25) is 0 Å². The summed E-state index contributed by atoms with van der Waals surface area (Å²) in [6.45, 7) is 4.57. The number of benzene rings is 2. The number of rotatable bonds is 6. The third-order valence-electron chi connectivity index (χ3n) is 4.48. The van der Waals surface area contributed by atoms with E-state index in [4.69, 9.17) is 4.74 Å². The van der Waals surface area contributed by atoms with E-state index in [0.29, 0.717) is 23.7 Å². The second-order valence-corrected chi connectivity index (χ2v) is 8.41. The van der Waals surface area contributed by atoms with Gasteiger partial charge in [-0.3, -0.25) is 9.79 Å². The first-order valence-corrected chi connectivity index (χ1v) is 10.5. The maximum absolute atomic E-state index is 12.5. The minimum absolute atomic E-state index is 0.0848. The van der Waals surface area contributed by atoms with Crippen molar-refractivity contribution in [2.75, 3.05) is 18.5 Å². The van der Waals surface area contributed by atoms with Gasteiger partial charge in [-0.05, 0) is 61.7 Å². The summed E-state index contributed by atoms with van der Waals surface area (Å²) in [5, 5.41) is 2.67. The lowest BCUT2D eigenvalue weighted by Crippen LogP contribution is -2.72. The van der Waals surface area contributed by atoms with E-state index in [1.54, 1.807) is 12.1 Å². The number of carbonyl (C=O) groups excluding carboxylic acids is 1. The summed E-state index contributed by atoms with van der Waals surface area (Å²) in [6.07, 6.45) is 1.57. The summed E-state index contributed by atoms with van der Waals surface area (Å²) in [5.74, 6) is 0.837. The molecule has 28 heavy (non-hydrogen) atoms. The van der Waals surface area contributed by atoms with Crippen LogP contribution in [0.3, 0.4) is 0 Å². The zero-order valence-electron chi connectivity index (χ0n) is 15.9. The summed E-state index contributed by atoms with van der Waals surface area (Å²) in [4.78, 5) is 15.3. The first-order chi connectivity index (χ1) is 13.3. The van der Waals surface area contributed by atoms with Crippen molar-refractivity contribution < 1.29 is 22.9 Å². The number of hydrogen-bond donors (Lipinski definition) is 3. The SMILES string of the molecule is Cc1ccc(OCC(=O)Nc2cccc(S(=O)(=O)NC3=[NH+]CCC3)c2)cc1C. The molecule has 1 aliphatic rings. The Morgan fingerprint density at radius 2 is 1.96 bits per heavy atom. The van der Waals surface area contributed by atoms with Gasteiger partial charge < -0.3 is 10.1 Å². The normalized spacial score (nSPS) is 13.7. The number of nitrogens with one attached hydrogen (secondary N) is 3. The largest absolute Gasteiger partial charge is 0.484 e. The molecule has 0 atom stereocenters. The van der Waals surface area contributed by atoms with E-state index in [-0.39, 0.29) is 17.4 Å². The standard InChI is InChI=1S/C20H23N3O4S/c1-14-8-9-17(11-15(14)2)27-13-20(24)22-16-5-3-6-18(12-16)28(25,26)23-19-7-4-10-21-19/h3,5-6,8-9,11-12H,4,7,10,13H2,1-2H3,(H,21,23)(H,22,24)/p+1. The third kappa shape index (κ3) is 5.10. The highest BCUT2D eigenvalue weighted by Crippen LogP contribution is 2.18. The molecule has 3 rings (SSSR count). The highest BCUT2D eigenvalue weighted by molar-refractivity contribution is 7.90. The number of carbonyl (C=O) groups is 1. The van der Waals surface area contributed by atoms with Crippen molar-refractivity contribution in [1.82, 2.24) is 4.72 Å². The van der Waals surface area contributed by atoms with E-state index in [1.165, 1.54) is 12.1 Å². The Morgan fingerprint density at radius 1 is 1.14 bits per heavy atom. The second-order valence-electron chi connectivity index (χ2n) is 6.73. The van der Waals surface area contributed by atoms with Crippen LogP contribution in [0, 0.1) is 13.8 Å². The van der Waals surface area contributed by atoms with Crippen molar-refractivity contribution in [3.05, 3.63) is 53.6 Å². The average Bonchev–Trinajstić information content (AvgIpc) is 3.15. The van der Waals surface area contributed by atoms with Crippen LogP contribution >= 0.6 is 0 Å². The number of sulfonamides is 1. The smallest absolute Gasteiger partial charge is 0.328 e. The van der Waals surface area contributed by atoms with E-state index in [9.17, 15) is 13.2 Å². The van der Waals surface area contributed by atoms with Gasteiger partial charge in [0.1, 0.15) is 10.6 Å². The van der Waals surface area contributed by atoms with Crippen molar-refractivity contribution in [2.24, 2.45) is 0 Å². The molecule has 2 aromatic carbocycles. The fourth-order valence-corrected chi connectivity index (χ4v) is 3.95. The Bertz CT molecular complexity index is 1020. The summed E-state index contributed by atoms with van der Waals surface area (Å²) in [6, 6.07) is 11.7. The van der Waals surface area contributed by atoms with Crippen LogP contribution in [-0.2, 0) is 14.8 Å². The fourth-order valence-electron chi connectivity index (χ4n) is 2.79. The van der Waals surface area contributed by atoms with E-state index in [0.717, 1.165) is 24.1 Å². The Kier molecular flexibility index (Phi) is 5.99. The van der Waals surface area contributed by atoms with E-state index >= 15 is 0 Å². The van der Waals surface area contributed by atoms with E-state index in [2.05, 4.69) is 15.0 Å². The van der Waals surface area contributed by atoms with Gasteiger partial charge in [-0.15, -0.1) is 0 Å². The van der Waals surface area contributed by atoms with Crippen LogP contribution < -0.4 is 19.8 Å². The molecular weight excluding hydrogens is 378 g/mol. The summed E-state index contributed by atoms with van der Waals surface area (Å²) < 4.78 is 33.0. The van der Waals surface area contributed by atoms with Crippen molar-refractivity contribution in [1.29, 1.82) is 0 Å². The molecular formula is C20H24N3O4S+. The molecule has 3 N–H and O–H groups in total. The predicted molar refractivity (Wildman–Crippen MR) is 107 cm³/mol. The van der Waals surface area contributed by atoms with Crippen LogP contribution in [0.1, 0.15) is 24.0 Å². The number of ether oxygens (including phenoxy) is 1. The third-order valence-corrected chi connectivity index (χ3v) is 5.87. The lowest BCUT2D eigenvalue weighted by Gasteiger charge is -2.10. The monoisotopic (exact) mass is 402 g/mol. The van der Waals surface area contributed by atoms with Crippen LogP contribution in [0.4, 0.5) is 5.69 Å². The van der Waals surface area contributed by atoms with Gasteiger partial charge >= 0.3 is 10.0 Å². The van der Waals surface area contributed by atoms with Crippen molar-refractivity contribution in [2.45, 2.75) is 31.6 Å². The van der Waals surface area contributed by atoms with Gasteiger partial charge in [0, 0.05) is 5.69 Å². The zero-order valence-corrected chi connectivity index (χ0v) is 16.7. The molecule has 0 bridgehead atoms. The molecule has 1 heterocycles. The topological polar surface area (TPSA) is 98.5 Å². The maximum atomic E-state index is 12.5. The van der Waals surface area contributed by atoms with Crippen molar-refractivity contribution in [3.63, 3.8) is 0 Å². The predicted octanol–water partition coefficient (Wildman–Crippen LogP) is 0.872. The molecule has 148 valence electrons. The fraction of sp³-hybridized carbons (Fsp3) is 0.300. The number of hydrogen-bond acceptors (Lipinski definition) is 4. The minimum atomic E-state index is -3.70. The van der Waals surface area contributed by atoms with Gasteiger partial charge in [-0.25, -0.2) is 0 Å². The zero-order chi connectivity index (χ0) is 20.1. The van der Waals surface area contributed by atoms with Crippen LogP contribution in [-0.4, -0.2) is 33.3 Å². The number of amides is 1. The molecule has 7 nitrogen and oxygen atoms in total. The first kappa shape index (κ1) is 19.9. The lowest BCUT2D eigenvalue weighted by atomic mass is 10.1. The van der Waals surface area contributed by atoms with Crippen LogP contribution in [0.5, 0.6) is 5.75 Å². The molecule has 1 aliphatic heterocycles. The average molecular weight is 402 g/mol. The number of aryl methyl sites for hydroxylation is 2. The molecule has 0 radical (unpaired) electrons. The molecule has 1 amide bonds. The quantitative estimate of drug-likeness (QED) is 0.668. The van der Waals surface area contributed by atoms with Gasteiger partial charge in [-0.1, -0.05) is 12.1 Å². The number of anilines is 1. The second kappa shape index (κ2) is 8.43. The van der Waals surface area contributed by atoms with Gasteiger partial charge in [-0.2, -0.15) is 13.1 Å². The minimum Gasteiger partial charge on any atom is -0.484 e. The first-order valence-electron chi connectivity index (χ1n) is 9.06. The molecule has 0 saturated heterocycles. The summed E-state index contributed by atoms with van der Waals surface area (Å²) >= 11 is 0. The highest BCUT2D eigenvalue weighted by atomic mass is 32.2. The van der Waals surface area contributed by atoms with Crippen molar-refractivity contribution in [3.8, 4) is 5.75 Å². The molecule has 8 heteroatoms. The van der Waals surface area contributed by atoms with E-state index < -0.39 is 10.0 Å². The molecule has 0 fully saturated rings. The summed E-state index contributed by atoms with van der Waals surface area (Å²) in [5.41, 5.74) is 2.62. The van der Waals surface area contributed by atoms with Crippen LogP contribution in [0.15, 0.2) is 47.4 Å². The molecule has 2 aromatic rings. The van der Waals surface area contributed by atoms with Gasteiger partial charge in [0.15, 0.2) is 6.61 Å². The van der Waals surface area contributed by atoms with Crippen molar-refractivity contribution >= 4 is 27.5 Å². The van der Waals surface area contributed by atoms with E-state index in [1.807, 2.05) is 32.0 Å². The molecule has 0 saturated carbocycles. The molecule has 0 aliphatic carbocycles. The Morgan fingerprint density at radius 3 is 2.68 bits per heavy atom. The molecule has 0 aromatic heterocycles. The van der Waals surface area contributed by atoms with Gasteiger partial charge in [0.25, 0.3) is 11.7 Å². The van der Waals surface area contributed by atoms with Gasteiger partial charge in [0.2, 0.25) is 0 Å².